The van der Waals surface area contributed by atoms with Crippen LogP contribution in [0, 0.1) is 0 Å². The van der Waals surface area contributed by atoms with E-state index in [0.29, 0.717) is 17.2 Å². The van der Waals surface area contributed by atoms with Gasteiger partial charge >= 0.3 is 0 Å². The number of para-hydroxylation sites is 3. The molecule has 0 aliphatic rings. The molecule has 0 saturated heterocycles. The molecule has 0 spiro atoms. The van der Waals surface area contributed by atoms with Crippen molar-refractivity contribution in [1.29, 1.82) is 0 Å². The number of rotatable bonds is 8. The van der Waals surface area contributed by atoms with Crippen molar-refractivity contribution in [2.45, 2.75) is 0 Å². The van der Waals surface area contributed by atoms with Gasteiger partial charge in [0.25, 0.3) is 0 Å². The summed E-state index contributed by atoms with van der Waals surface area (Å²) in [5.41, 5.74) is 1.33. The molecule has 0 atom stereocenters. The third kappa shape index (κ3) is 5.89. The fourth-order valence-electron chi connectivity index (χ4n) is 3.16. The zero-order valence-corrected chi connectivity index (χ0v) is 18.1. The smallest absolute Gasteiger partial charge is 0.234 e. The predicted molar refractivity (Wildman–Crippen MR) is 131 cm³/mol. The summed E-state index contributed by atoms with van der Waals surface area (Å²) < 4.78 is 5.86. The third-order valence-electron chi connectivity index (χ3n) is 4.63. The van der Waals surface area contributed by atoms with Crippen LogP contribution in [0.3, 0.4) is 0 Å². The molecule has 0 radical (unpaired) electrons. The number of benzene rings is 4. The Morgan fingerprint density at radius 1 is 0.688 bits per heavy atom. The fraction of sp³-hybridized carbons (Fsp3) is 0.0769. The summed E-state index contributed by atoms with van der Waals surface area (Å²) in [6.07, 6.45) is 0. The van der Waals surface area contributed by atoms with Gasteiger partial charge in [0.2, 0.25) is 11.8 Å². The van der Waals surface area contributed by atoms with Crippen molar-refractivity contribution in [3.8, 4) is 11.5 Å². The van der Waals surface area contributed by atoms with Gasteiger partial charge in [0.15, 0.2) is 5.75 Å². The minimum Gasteiger partial charge on any atom is -0.455 e. The van der Waals surface area contributed by atoms with Crippen LogP contribution in [-0.2, 0) is 9.59 Å². The maximum Gasteiger partial charge on any atom is 0.234 e. The first-order valence-electron chi connectivity index (χ1n) is 10.2. The lowest BCUT2D eigenvalue weighted by molar-refractivity contribution is -0.114. The van der Waals surface area contributed by atoms with Gasteiger partial charge in [-0.05, 0) is 47.2 Å². The van der Waals surface area contributed by atoms with Crippen molar-refractivity contribution < 1.29 is 14.3 Å². The Bertz CT molecular complexity index is 1230. The van der Waals surface area contributed by atoms with Crippen LogP contribution in [0.2, 0.25) is 0 Å². The van der Waals surface area contributed by atoms with Gasteiger partial charge in [0.05, 0.1) is 17.2 Å². The van der Waals surface area contributed by atoms with Crippen molar-refractivity contribution in [3.63, 3.8) is 0 Å². The van der Waals surface area contributed by atoms with Crippen LogP contribution in [0.4, 0.5) is 11.4 Å². The van der Waals surface area contributed by atoms with Gasteiger partial charge in [0.1, 0.15) is 5.75 Å². The van der Waals surface area contributed by atoms with Crippen molar-refractivity contribution in [1.82, 2.24) is 0 Å². The molecule has 160 valence electrons. The molecule has 6 heteroatoms. The van der Waals surface area contributed by atoms with Gasteiger partial charge in [0, 0.05) is 5.69 Å². The molecule has 0 aromatic heterocycles. The monoisotopic (exact) mass is 442 g/mol. The summed E-state index contributed by atoms with van der Waals surface area (Å²) in [6.45, 7) is 0. The van der Waals surface area contributed by atoms with E-state index < -0.39 is 0 Å². The molecule has 0 saturated carbocycles. The Morgan fingerprint density at radius 2 is 1.34 bits per heavy atom. The van der Waals surface area contributed by atoms with Crippen molar-refractivity contribution in [3.05, 3.63) is 97.1 Å². The molecule has 5 nitrogen and oxygen atoms in total. The normalized spacial score (nSPS) is 10.5. The predicted octanol–water partition coefficient (Wildman–Crippen LogP) is 5.94. The zero-order chi connectivity index (χ0) is 22.2. The van der Waals surface area contributed by atoms with E-state index >= 15 is 0 Å². The van der Waals surface area contributed by atoms with Crippen molar-refractivity contribution >= 4 is 45.7 Å². The third-order valence-corrected chi connectivity index (χ3v) is 5.56. The Kier molecular flexibility index (Phi) is 7.05. The molecule has 2 N–H and O–H groups in total. The Hall–Kier alpha value is -3.77. The molecule has 2 amide bonds. The minimum absolute atomic E-state index is 0.147. The number of fused-ring (bicyclic) bond motifs is 1. The highest BCUT2D eigenvalue weighted by Gasteiger charge is 2.10. The molecule has 0 fully saturated rings. The first kappa shape index (κ1) is 21.5. The number of nitrogens with one attached hydrogen (secondary N) is 2. The second kappa shape index (κ2) is 10.5. The first-order chi connectivity index (χ1) is 15.7. The Labute approximate surface area is 190 Å². The lowest BCUT2D eigenvalue weighted by Gasteiger charge is -2.12. The lowest BCUT2D eigenvalue weighted by Crippen LogP contribution is -2.18. The number of ether oxygens (including phenoxy) is 1. The second-order valence-corrected chi connectivity index (χ2v) is 8.05. The quantitative estimate of drug-likeness (QED) is 0.354. The fourth-order valence-corrected chi connectivity index (χ4v) is 3.78. The van der Waals surface area contributed by atoms with Gasteiger partial charge in [-0.25, -0.2) is 0 Å². The van der Waals surface area contributed by atoms with Crippen LogP contribution in [0.15, 0.2) is 97.1 Å². The molecular weight excluding hydrogens is 420 g/mol. The molecule has 0 aliphatic carbocycles. The van der Waals surface area contributed by atoms with E-state index in [2.05, 4.69) is 10.6 Å². The summed E-state index contributed by atoms with van der Waals surface area (Å²) in [7, 11) is 0. The number of carbonyl (C=O) groups is 2. The number of carbonyl (C=O) groups excluding carboxylic acids is 2. The number of thioether (sulfide) groups is 1. The minimum atomic E-state index is -0.197. The molecule has 0 bridgehead atoms. The summed E-state index contributed by atoms with van der Waals surface area (Å²) >= 11 is 1.26. The average Bonchev–Trinajstić information content (AvgIpc) is 2.81. The van der Waals surface area contributed by atoms with Crippen LogP contribution in [-0.4, -0.2) is 23.3 Å². The lowest BCUT2D eigenvalue weighted by atomic mass is 10.1. The molecule has 0 heterocycles. The molecule has 0 unspecified atom stereocenters. The highest BCUT2D eigenvalue weighted by Crippen LogP contribution is 2.29. The van der Waals surface area contributed by atoms with Crippen LogP contribution in [0.25, 0.3) is 10.8 Å². The number of hydrogen-bond donors (Lipinski definition) is 2. The maximum atomic E-state index is 12.4. The Morgan fingerprint density at radius 3 is 2.16 bits per heavy atom. The van der Waals surface area contributed by atoms with E-state index in [-0.39, 0.29) is 23.3 Å². The van der Waals surface area contributed by atoms with Gasteiger partial charge in [-0.1, -0.05) is 60.7 Å². The maximum absolute atomic E-state index is 12.4. The first-order valence-corrected chi connectivity index (χ1v) is 11.3. The van der Waals surface area contributed by atoms with Crippen LogP contribution < -0.4 is 15.4 Å². The van der Waals surface area contributed by atoms with E-state index in [0.717, 1.165) is 16.5 Å². The van der Waals surface area contributed by atoms with Crippen molar-refractivity contribution in [2.75, 3.05) is 22.1 Å². The molecular formula is C26H22N2O3S. The summed E-state index contributed by atoms with van der Waals surface area (Å²) in [5, 5.41) is 7.92. The van der Waals surface area contributed by atoms with Gasteiger partial charge in [-0.2, -0.15) is 0 Å². The summed E-state index contributed by atoms with van der Waals surface area (Å²) in [6, 6.07) is 30.4. The summed E-state index contributed by atoms with van der Waals surface area (Å²) in [4.78, 5) is 24.6. The molecule has 4 aromatic rings. The molecule has 32 heavy (non-hydrogen) atoms. The Balaban J connectivity index is 1.26. The zero-order valence-electron chi connectivity index (χ0n) is 17.3. The molecule has 0 aliphatic heterocycles. The largest absolute Gasteiger partial charge is 0.455 e. The second-order valence-electron chi connectivity index (χ2n) is 7.06. The topological polar surface area (TPSA) is 67.4 Å². The standard InChI is InChI=1S/C26H22N2O3S/c29-25(27-21-15-14-19-8-4-5-9-20(19)16-21)17-32-18-26(30)28-23-12-6-7-13-24(23)31-22-10-2-1-3-11-22/h1-16H,17-18H2,(H,27,29)(H,28,30). The SMILES string of the molecule is O=C(CSCC(=O)Nc1ccccc1Oc1ccccc1)Nc1ccc2ccccc2c1. The van der Waals surface area contributed by atoms with E-state index in [9.17, 15) is 9.59 Å². The van der Waals surface area contributed by atoms with Crippen LogP contribution >= 0.6 is 11.8 Å². The van der Waals surface area contributed by atoms with E-state index in [1.165, 1.54) is 11.8 Å². The van der Waals surface area contributed by atoms with Gasteiger partial charge in [-0.3, -0.25) is 9.59 Å². The van der Waals surface area contributed by atoms with Crippen LogP contribution in [0.1, 0.15) is 0 Å². The number of hydrogen-bond acceptors (Lipinski definition) is 4. The summed E-state index contributed by atoms with van der Waals surface area (Å²) in [5.74, 6) is 1.25. The van der Waals surface area contributed by atoms with Crippen LogP contribution in [0.5, 0.6) is 11.5 Å². The highest BCUT2D eigenvalue weighted by molar-refractivity contribution is 8.00. The van der Waals surface area contributed by atoms with E-state index in [1.807, 2.05) is 84.9 Å². The molecule has 4 aromatic carbocycles. The van der Waals surface area contributed by atoms with E-state index in [4.69, 9.17) is 4.74 Å². The van der Waals surface area contributed by atoms with Gasteiger partial charge in [-0.15, -0.1) is 11.8 Å². The average molecular weight is 443 g/mol. The molecule has 4 rings (SSSR count). The highest BCUT2D eigenvalue weighted by atomic mass is 32.2. The van der Waals surface area contributed by atoms with Gasteiger partial charge < -0.3 is 15.4 Å². The number of amides is 2. The van der Waals surface area contributed by atoms with Crippen molar-refractivity contribution in [2.24, 2.45) is 0 Å². The number of anilines is 2. The van der Waals surface area contributed by atoms with E-state index in [1.54, 1.807) is 12.1 Å².